The lowest BCUT2D eigenvalue weighted by molar-refractivity contribution is -0.142. The molecule has 1 N–H and O–H groups in total. The Hall–Kier alpha value is -2.32. The Morgan fingerprint density at radius 2 is 2.12 bits per heavy atom. The molecule has 2 aromatic rings. The van der Waals surface area contributed by atoms with Crippen LogP contribution in [0, 0.1) is 11.3 Å². The Bertz CT molecular complexity index is 802. The van der Waals surface area contributed by atoms with Crippen LogP contribution >= 0.6 is 0 Å². The standard InChI is InChI=1S/C17H21F3N4O2/c1-16(2,3)10-4-5-13-12(6-10)14(23-26-13)15(25)22-11-7-21-24(8-11)9-17(18,19)20/h7-8,10H,4-6,9H2,1-3H3,(H,22,25)/t10-/m1/s1. The average Bonchev–Trinajstić information content (AvgIpc) is 3.10. The Kier molecular flexibility index (Phi) is 4.58. The normalized spacial score (nSPS) is 17.8. The van der Waals surface area contributed by atoms with Crippen molar-refractivity contribution in [3.05, 3.63) is 29.4 Å². The van der Waals surface area contributed by atoms with Gasteiger partial charge in [0.15, 0.2) is 5.69 Å². The van der Waals surface area contributed by atoms with Crippen LogP contribution in [0.1, 0.15) is 49.0 Å². The molecule has 1 amide bonds. The molecule has 9 heteroatoms. The van der Waals surface area contributed by atoms with Crippen LogP contribution < -0.4 is 5.32 Å². The first-order chi connectivity index (χ1) is 12.0. The van der Waals surface area contributed by atoms with Crippen LogP contribution in [0.2, 0.25) is 0 Å². The molecular formula is C17H21F3N4O2. The van der Waals surface area contributed by atoms with Gasteiger partial charge in [0.25, 0.3) is 5.91 Å². The molecule has 0 aliphatic heterocycles. The number of alkyl halides is 3. The summed E-state index contributed by atoms with van der Waals surface area (Å²) in [7, 11) is 0. The summed E-state index contributed by atoms with van der Waals surface area (Å²) in [6, 6.07) is 0. The maximum Gasteiger partial charge on any atom is 0.408 e. The van der Waals surface area contributed by atoms with Crippen molar-refractivity contribution in [2.75, 3.05) is 5.32 Å². The minimum atomic E-state index is -4.37. The molecule has 0 saturated carbocycles. The van der Waals surface area contributed by atoms with Crippen molar-refractivity contribution in [3.63, 3.8) is 0 Å². The molecule has 3 rings (SSSR count). The van der Waals surface area contributed by atoms with Gasteiger partial charge in [-0.2, -0.15) is 18.3 Å². The number of aromatic nitrogens is 3. The van der Waals surface area contributed by atoms with E-state index in [1.54, 1.807) is 0 Å². The number of aryl methyl sites for hydroxylation is 1. The van der Waals surface area contributed by atoms with Crippen LogP contribution in [0.5, 0.6) is 0 Å². The number of carbonyl (C=O) groups is 1. The molecule has 0 fully saturated rings. The summed E-state index contributed by atoms with van der Waals surface area (Å²) in [6.07, 6.45) is 0.320. The van der Waals surface area contributed by atoms with Crippen LogP contribution in [0.15, 0.2) is 16.9 Å². The summed E-state index contributed by atoms with van der Waals surface area (Å²) in [5, 5.41) is 10.0. The van der Waals surface area contributed by atoms with E-state index in [1.807, 2.05) is 0 Å². The number of nitrogens with one attached hydrogen (secondary N) is 1. The molecule has 1 aliphatic rings. The molecule has 0 radical (unpaired) electrons. The summed E-state index contributed by atoms with van der Waals surface area (Å²) < 4.78 is 43.2. The van der Waals surface area contributed by atoms with Crippen molar-refractivity contribution in [1.82, 2.24) is 14.9 Å². The number of hydrogen-bond acceptors (Lipinski definition) is 4. The second-order valence-corrected chi connectivity index (χ2v) is 7.73. The first-order valence-electron chi connectivity index (χ1n) is 8.41. The molecule has 1 atom stereocenters. The molecule has 0 spiro atoms. The van der Waals surface area contributed by atoms with Gasteiger partial charge in [-0.05, 0) is 24.2 Å². The predicted octanol–water partition coefficient (Wildman–Crippen LogP) is 3.84. The van der Waals surface area contributed by atoms with Gasteiger partial charge in [-0.3, -0.25) is 9.48 Å². The summed E-state index contributed by atoms with van der Waals surface area (Å²) in [6.45, 7) is 5.26. The fraction of sp³-hybridized carbons (Fsp3) is 0.588. The van der Waals surface area contributed by atoms with Gasteiger partial charge in [-0.15, -0.1) is 0 Å². The van der Waals surface area contributed by atoms with E-state index >= 15 is 0 Å². The lowest BCUT2D eigenvalue weighted by atomic mass is 9.71. The lowest BCUT2D eigenvalue weighted by Gasteiger charge is -2.33. The van der Waals surface area contributed by atoms with E-state index < -0.39 is 18.6 Å². The molecule has 0 saturated heterocycles. The molecule has 1 aliphatic carbocycles. The zero-order chi connectivity index (χ0) is 19.1. The van der Waals surface area contributed by atoms with E-state index in [4.69, 9.17) is 4.52 Å². The SMILES string of the molecule is CC(C)(C)[C@@H]1CCc2onc(C(=O)Nc3cnn(CC(F)(F)F)c3)c2C1. The number of carbonyl (C=O) groups excluding carboxylic acids is 1. The van der Waals surface area contributed by atoms with Crippen LogP contribution in [0.4, 0.5) is 18.9 Å². The van der Waals surface area contributed by atoms with E-state index in [1.165, 1.54) is 6.20 Å². The van der Waals surface area contributed by atoms with Crippen molar-refractivity contribution in [2.24, 2.45) is 11.3 Å². The fourth-order valence-electron chi connectivity index (χ4n) is 3.21. The Morgan fingerprint density at radius 3 is 2.77 bits per heavy atom. The van der Waals surface area contributed by atoms with Crippen LogP contribution in [-0.2, 0) is 19.4 Å². The number of fused-ring (bicyclic) bond motifs is 1. The number of nitrogens with zero attached hydrogens (tertiary/aromatic N) is 3. The van der Waals surface area contributed by atoms with Gasteiger partial charge in [0.05, 0.1) is 11.9 Å². The largest absolute Gasteiger partial charge is 0.408 e. The summed E-state index contributed by atoms with van der Waals surface area (Å²) in [4.78, 5) is 12.5. The van der Waals surface area contributed by atoms with Crippen molar-refractivity contribution in [1.29, 1.82) is 0 Å². The third kappa shape index (κ3) is 4.08. The Balaban J connectivity index is 1.73. The van der Waals surface area contributed by atoms with Gasteiger partial charge in [0.1, 0.15) is 12.3 Å². The minimum Gasteiger partial charge on any atom is -0.360 e. The Morgan fingerprint density at radius 1 is 1.38 bits per heavy atom. The molecule has 0 unspecified atom stereocenters. The third-order valence-electron chi connectivity index (χ3n) is 4.71. The summed E-state index contributed by atoms with van der Waals surface area (Å²) in [5.41, 5.74) is 1.26. The van der Waals surface area contributed by atoms with Crippen molar-refractivity contribution >= 4 is 11.6 Å². The lowest BCUT2D eigenvalue weighted by Crippen LogP contribution is -2.27. The molecule has 0 aromatic carbocycles. The van der Waals surface area contributed by atoms with Crippen molar-refractivity contribution in [2.45, 2.75) is 52.8 Å². The highest BCUT2D eigenvalue weighted by Gasteiger charge is 2.34. The summed E-state index contributed by atoms with van der Waals surface area (Å²) >= 11 is 0. The highest BCUT2D eigenvalue weighted by molar-refractivity contribution is 6.03. The van der Waals surface area contributed by atoms with E-state index in [2.05, 4.69) is 36.3 Å². The summed E-state index contributed by atoms with van der Waals surface area (Å²) in [5.74, 6) is 0.607. The molecule has 6 nitrogen and oxygen atoms in total. The van der Waals surface area contributed by atoms with Crippen LogP contribution in [-0.4, -0.2) is 27.0 Å². The van der Waals surface area contributed by atoms with E-state index in [0.29, 0.717) is 18.1 Å². The van der Waals surface area contributed by atoms with Crippen molar-refractivity contribution in [3.8, 4) is 0 Å². The molecule has 26 heavy (non-hydrogen) atoms. The number of hydrogen-bond donors (Lipinski definition) is 1. The zero-order valence-electron chi connectivity index (χ0n) is 14.9. The number of rotatable bonds is 3. The fourth-order valence-corrected chi connectivity index (χ4v) is 3.21. The first kappa shape index (κ1) is 18.5. The van der Waals surface area contributed by atoms with Gasteiger partial charge < -0.3 is 9.84 Å². The first-order valence-corrected chi connectivity index (χ1v) is 8.41. The van der Waals surface area contributed by atoms with Crippen molar-refractivity contribution < 1.29 is 22.5 Å². The monoisotopic (exact) mass is 370 g/mol. The average molecular weight is 370 g/mol. The second kappa shape index (κ2) is 6.44. The molecule has 2 aromatic heterocycles. The van der Waals surface area contributed by atoms with E-state index in [-0.39, 0.29) is 16.8 Å². The molecule has 2 heterocycles. The second-order valence-electron chi connectivity index (χ2n) is 7.73. The molecule has 0 bridgehead atoms. The van der Waals surface area contributed by atoms with Gasteiger partial charge >= 0.3 is 6.18 Å². The van der Waals surface area contributed by atoms with Crippen LogP contribution in [0.3, 0.4) is 0 Å². The quantitative estimate of drug-likeness (QED) is 0.891. The van der Waals surface area contributed by atoms with E-state index in [0.717, 1.165) is 29.3 Å². The Labute approximate surface area is 148 Å². The zero-order valence-corrected chi connectivity index (χ0v) is 14.9. The smallest absolute Gasteiger partial charge is 0.360 e. The highest BCUT2D eigenvalue weighted by atomic mass is 19.4. The maximum atomic E-state index is 12.5. The van der Waals surface area contributed by atoms with Gasteiger partial charge in [0, 0.05) is 18.2 Å². The van der Waals surface area contributed by atoms with E-state index in [9.17, 15) is 18.0 Å². The molecule has 142 valence electrons. The number of amides is 1. The number of halogens is 3. The van der Waals surface area contributed by atoms with Crippen LogP contribution in [0.25, 0.3) is 0 Å². The number of anilines is 1. The minimum absolute atomic E-state index is 0.0987. The van der Waals surface area contributed by atoms with Gasteiger partial charge in [-0.1, -0.05) is 25.9 Å². The predicted molar refractivity (Wildman–Crippen MR) is 87.7 cm³/mol. The van der Waals surface area contributed by atoms with Gasteiger partial charge in [-0.25, -0.2) is 0 Å². The maximum absolute atomic E-state index is 12.5. The van der Waals surface area contributed by atoms with Gasteiger partial charge in [0.2, 0.25) is 0 Å². The topological polar surface area (TPSA) is 73.0 Å². The highest BCUT2D eigenvalue weighted by Crippen LogP contribution is 2.38. The third-order valence-corrected chi connectivity index (χ3v) is 4.71. The molecular weight excluding hydrogens is 349 g/mol.